The second-order valence-corrected chi connectivity index (χ2v) is 6.81. The van der Waals surface area contributed by atoms with Crippen molar-refractivity contribution in [1.82, 2.24) is 10.0 Å². The molecule has 0 aliphatic carbocycles. The SMILES string of the molecule is CCCCN(CC(C)C)N(CCCC)C(C)(C)C. The van der Waals surface area contributed by atoms with E-state index in [4.69, 9.17) is 0 Å². The highest BCUT2D eigenvalue weighted by Crippen LogP contribution is 2.19. The first-order valence-corrected chi connectivity index (χ1v) is 7.85. The van der Waals surface area contributed by atoms with Crippen molar-refractivity contribution >= 4 is 0 Å². The molecule has 2 nitrogen and oxygen atoms in total. The number of nitrogens with zero attached hydrogens (tertiary/aromatic N) is 2. The van der Waals surface area contributed by atoms with Crippen LogP contribution in [0.3, 0.4) is 0 Å². The second kappa shape index (κ2) is 8.92. The fourth-order valence-electron chi connectivity index (χ4n) is 2.28. The van der Waals surface area contributed by atoms with Crippen LogP contribution in [0.1, 0.15) is 74.1 Å². The Morgan fingerprint density at radius 1 is 0.889 bits per heavy atom. The van der Waals surface area contributed by atoms with Crippen LogP contribution in [-0.2, 0) is 0 Å². The smallest absolute Gasteiger partial charge is 0.0272 e. The van der Waals surface area contributed by atoms with Gasteiger partial charge in [0.05, 0.1) is 0 Å². The molecule has 0 aromatic rings. The first kappa shape index (κ1) is 17.9. The predicted octanol–water partition coefficient (Wildman–Crippen LogP) is 4.56. The molecule has 0 aliphatic rings. The van der Waals surface area contributed by atoms with Gasteiger partial charge in [0.15, 0.2) is 0 Å². The Balaban J connectivity index is 4.70. The van der Waals surface area contributed by atoms with Gasteiger partial charge in [0.25, 0.3) is 0 Å². The standard InChI is InChI=1S/C16H36N2/c1-8-10-12-17(14-15(3)4)18(13-11-9-2)16(5,6)7/h15H,8-14H2,1-7H3. The molecule has 0 atom stereocenters. The third-order valence-corrected chi connectivity index (χ3v) is 3.18. The maximum absolute atomic E-state index is 2.60. The molecule has 0 fully saturated rings. The Morgan fingerprint density at radius 3 is 1.78 bits per heavy atom. The summed E-state index contributed by atoms with van der Waals surface area (Å²) in [5.74, 6) is 0.730. The van der Waals surface area contributed by atoms with E-state index in [1.165, 1.54) is 45.3 Å². The highest BCUT2D eigenvalue weighted by molar-refractivity contribution is 4.75. The van der Waals surface area contributed by atoms with Crippen molar-refractivity contribution in [1.29, 1.82) is 0 Å². The molecule has 18 heavy (non-hydrogen) atoms. The van der Waals surface area contributed by atoms with E-state index in [-0.39, 0.29) is 5.54 Å². The lowest BCUT2D eigenvalue weighted by molar-refractivity contribution is -0.0983. The Hall–Kier alpha value is -0.0800. The average molecular weight is 256 g/mol. The molecule has 0 saturated heterocycles. The van der Waals surface area contributed by atoms with Gasteiger partial charge in [-0.1, -0.05) is 40.5 Å². The fourth-order valence-corrected chi connectivity index (χ4v) is 2.28. The second-order valence-electron chi connectivity index (χ2n) is 6.81. The molecule has 0 aromatic heterocycles. The number of hydrazine groups is 1. The Bertz CT molecular complexity index is 194. The van der Waals surface area contributed by atoms with Crippen molar-refractivity contribution in [2.75, 3.05) is 19.6 Å². The first-order chi connectivity index (χ1) is 8.32. The average Bonchev–Trinajstić information content (AvgIpc) is 2.23. The van der Waals surface area contributed by atoms with Crippen LogP contribution in [0.2, 0.25) is 0 Å². The summed E-state index contributed by atoms with van der Waals surface area (Å²) in [7, 11) is 0. The van der Waals surface area contributed by atoms with Crippen molar-refractivity contribution < 1.29 is 0 Å². The normalized spacial score (nSPS) is 13.0. The maximum atomic E-state index is 2.60. The Kier molecular flexibility index (Phi) is 8.89. The van der Waals surface area contributed by atoms with Crippen LogP contribution in [0.5, 0.6) is 0 Å². The van der Waals surface area contributed by atoms with Gasteiger partial charge in [-0.3, -0.25) is 0 Å². The van der Waals surface area contributed by atoms with Crippen molar-refractivity contribution in [2.24, 2.45) is 5.92 Å². The predicted molar refractivity (Wildman–Crippen MR) is 82.7 cm³/mol. The minimum atomic E-state index is 0.234. The van der Waals surface area contributed by atoms with Crippen molar-refractivity contribution in [3.05, 3.63) is 0 Å². The molecule has 0 amide bonds. The Morgan fingerprint density at radius 2 is 1.39 bits per heavy atom. The summed E-state index contributed by atoms with van der Waals surface area (Å²) in [6.45, 7) is 19.8. The van der Waals surface area contributed by atoms with E-state index in [9.17, 15) is 0 Å². The zero-order valence-corrected chi connectivity index (χ0v) is 13.9. The van der Waals surface area contributed by atoms with Gasteiger partial charge in [0.2, 0.25) is 0 Å². The summed E-state index contributed by atoms with van der Waals surface area (Å²) in [6.07, 6.45) is 5.14. The number of hydrogen-bond acceptors (Lipinski definition) is 2. The molecule has 0 radical (unpaired) electrons. The van der Waals surface area contributed by atoms with Gasteiger partial charge in [-0.05, 0) is 39.5 Å². The van der Waals surface area contributed by atoms with Crippen LogP contribution in [-0.4, -0.2) is 35.2 Å². The number of hydrogen-bond donors (Lipinski definition) is 0. The van der Waals surface area contributed by atoms with E-state index in [2.05, 4.69) is 58.5 Å². The van der Waals surface area contributed by atoms with Crippen molar-refractivity contribution in [3.8, 4) is 0 Å². The molecule has 0 rings (SSSR count). The highest BCUT2D eigenvalue weighted by Gasteiger charge is 2.26. The monoisotopic (exact) mass is 256 g/mol. The molecule has 0 aromatic carbocycles. The highest BCUT2D eigenvalue weighted by atomic mass is 15.6. The fraction of sp³-hybridized carbons (Fsp3) is 1.00. The largest absolute Gasteiger partial charge is 0.241 e. The van der Waals surface area contributed by atoms with Crippen LogP contribution in [0.25, 0.3) is 0 Å². The van der Waals surface area contributed by atoms with Crippen LogP contribution < -0.4 is 0 Å². The molecule has 110 valence electrons. The minimum Gasteiger partial charge on any atom is -0.241 e. The van der Waals surface area contributed by atoms with Gasteiger partial charge in [-0.15, -0.1) is 0 Å². The molecule has 0 spiro atoms. The topological polar surface area (TPSA) is 6.48 Å². The maximum Gasteiger partial charge on any atom is 0.0272 e. The van der Waals surface area contributed by atoms with Gasteiger partial charge in [-0.2, -0.15) is 0 Å². The van der Waals surface area contributed by atoms with E-state index < -0.39 is 0 Å². The van der Waals surface area contributed by atoms with Gasteiger partial charge >= 0.3 is 0 Å². The molecule has 0 N–H and O–H groups in total. The van der Waals surface area contributed by atoms with Crippen LogP contribution in [0.15, 0.2) is 0 Å². The molecular weight excluding hydrogens is 220 g/mol. The number of rotatable bonds is 9. The number of unbranched alkanes of at least 4 members (excludes halogenated alkanes) is 2. The van der Waals surface area contributed by atoms with Crippen LogP contribution in [0.4, 0.5) is 0 Å². The third kappa shape index (κ3) is 7.38. The summed E-state index contributed by atoms with van der Waals surface area (Å²) in [4.78, 5) is 0. The molecule has 0 unspecified atom stereocenters. The molecule has 0 aliphatic heterocycles. The molecular formula is C16H36N2. The zero-order chi connectivity index (χ0) is 14.2. The van der Waals surface area contributed by atoms with E-state index in [1.54, 1.807) is 0 Å². The van der Waals surface area contributed by atoms with Crippen LogP contribution in [0, 0.1) is 5.92 Å². The lowest BCUT2D eigenvalue weighted by Gasteiger charge is -2.45. The van der Waals surface area contributed by atoms with E-state index in [1.807, 2.05) is 0 Å². The van der Waals surface area contributed by atoms with E-state index in [0.717, 1.165) is 5.92 Å². The van der Waals surface area contributed by atoms with Crippen molar-refractivity contribution in [3.63, 3.8) is 0 Å². The van der Waals surface area contributed by atoms with Gasteiger partial charge in [0.1, 0.15) is 0 Å². The third-order valence-electron chi connectivity index (χ3n) is 3.18. The molecule has 0 bridgehead atoms. The summed E-state index contributed by atoms with van der Waals surface area (Å²) < 4.78 is 0. The lowest BCUT2D eigenvalue weighted by Crippen LogP contribution is -2.54. The van der Waals surface area contributed by atoms with Gasteiger partial charge < -0.3 is 0 Å². The van der Waals surface area contributed by atoms with E-state index >= 15 is 0 Å². The van der Waals surface area contributed by atoms with Gasteiger partial charge in [0, 0.05) is 25.2 Å². The van der Waals surface area contributed by atoms with Crippen LogP contribution >= 0.6 is 0 Å². The molecule has 0 saturated carbocycles. The molecule has 0 heterocycles. The summed E-state index contributed by atoms with van der Waals surface area (Å²) in [5, 5.41) is 5.20. The van der Waals surface area contributed by atoms with E-state index in [0.29, 0.717) is 0 Å². The minimum absolute atomic E-state index is 0.234. The molecule has 2 heteroatoms. The summed E-state index contributed by atoms with van der Waals surface area (Å²) in [6, 6.07) is 0. The lowest BCUT2D eigenvalue weighted by atomic mass is 10.1. The Labute approximate surface area is 116 Å². The quantitative estimate of drug-likeness (QED) is 0.558. The first-order valence-electron chi connectivity index (χ1n) is 7.85. The summed E-state index contributed by atoms with van der Waals surface area (Å²) in [5.41, 5.74) is 0.234. The van der Waals surface area contributed by atoms with Crippen molar-refractivity contribution in [2.45, 2.75) is 79.7 Å². The summed E-state index contributed by atoms with van der Waals surface area (Å²) >= 11 is 0. The zero-order valence-electron chi connectivity index (χ0n) is 13.9. The van der Waals surface area contributed by atoms with Gasteiger partial charge in [-0.25, -0.2) is 10.0 Å².